The first-order valence-electron chi connectivity index (χ1n) is 3.47. The largest absolute Gasteiger partial charge is 0.390 e. The quantitative estimate of drug-likeness (QED) is 0.399. The van der Waals surface area contributed by atoms with E-state index in [0.29, 0.717) is 6.42 Å². The molecule has 0 aliphatic heterocycles. The molecule has 0 aliphatic rings. The lowest BCUT2D eigenvalue weighted by molar-refractivity contribution is 0.0442. The van der Waals surface area contributed by atoms with Crippen LogP contribution < -0.4 is 11.3 Å². The van der Waals surface area contributed by atoms with Crippen molar-refractivity contribution < 1.29 is 5.11 Å². The summed E-state index contributed by atoms with van der Waals surface area (Å²) in [5, 5.41) is 9.39. The van der Waals surface area contributed by atoms with Gasteiger partial charge in [0.15, 0.2) is 0 Å². The first-order chi connectivity index (χ1) is 4.27. The summed E-state index contributed by atoms with van der Waals surface area (Å²) >= 11 is 0. The summed E-state index contributed by atoms with van der Waals surface area (Å²) in [4.78, 5) is 0. The molecule has 0 aliphatic carbocycles. The highest BCUT2D eigenvalue weighted by Gasteiger charge is 2.25. The van der Waals surface area contributed by atoms with Gasteiger partial charge in [-0.05, 0) is 34.1 Å². The van der Waals surface area contributed by atoms with Crippen molar-refractivity contribution in [3.05, 3.63) is 0 Å². The van der Waals surface area contributed by atoms with E-state index in [1.165, 1.54) is 0 Å². The molecule has 3 heteroatoms. The van der Waals surface area contributed by atoms with Crippen LogP contribution in [-0.2, 0) is 0 Å². The highest BCUT2D eigenvalue weighted by Crippen LogP contribution is 2.17. The van der Waals surface area contributed by atoms with Crippen LogP contribution in [0.15, 0.2) is 0 Å². The highest BCUT2D eigenvalue weighted by atomic mass is 16.3. The van der Waals surface area contributed by atoms with E-state index in [9.17, 15) is 5.11 Å². The molecule has 0 radical (unpaired) electrons. The van der Waals surface area contributed by atoms with E-state index in [-0.39, 0.29) is 5.54 Å². The first kappa shape index (κ1) is 9.88. The van der Waals surface area contributed by atoms with Gasteiger partial charge in [0.2, 0.25) is 0 Å². The SMILES string of the molecule is CC(C)(O)CC(C)(C)NN. The van der Waals surface area contributed by atoms with Gasteiger partial charge in [0.1, 0.15) is 0 Å². The van der Waals surface area contributed by atoms with Crippen LogP contribution in [0, 0.1) is 0 Å². The van der Waals surface area contributed by atoms with Crippen LogP contribution in [-0.4, -0.2) is 16.2 Å². The molecule has 0 amide bonds. The molecule has 0 saturated carbocycles. The number of nitrogens with two attached hydrogens (primary N) is 1. The van der Waals surface area contributed by atoms with Crippen molar-refractivity contribution >= 4 is 0 Å². The Morgan fingerprint density at radius 2 is 1.70 bits per heavy atom. The van der Waals surface area contributed by atoms with Crippen molar-refractivity contribution in [2.75, 3.05) is 0 Å². The van der Waals surface area contributed by atoms with E-state index < -0.39 is 5.60 Å². The fraction of sp³-hybridized carbons (Fsp3) is 1.00. The third-order valence-electron chi connectivity index (χ3n) is 1.27. The average molecular weight is 146 g/mol. The van der Waals surface area contributed by atoms with Gasteiger partial charge in [-0.2, -0.15) is 0 Å². The molecule has 0 spiro atoms. The third-order valence-corrected chi connectivity index (χ3v) is 1.27. The van der Waals surface area contributed by atoms with E-state index in [2.05, 4.69) is 5.43 Å². The van der Waals surface area contributed by atoms with E-state index >= 15 is 0 Å². The predicted molar refractivity (Wildman–Crippen MR) is 42.3 cm³/mol. The topological polar surface area (TPSA) is 58.3 Å². The van der Waals surface area contributed by atoms with Crippen molar-refractivity contribution in [2.45, 2.75) is 45.3 Å². The van der Waals surface area contributed by atoms with Crippen molar-refractivity contribution in [1.29, 1.82) is 0 Å². The van der Waals surface area contributed by atoms with Gasteiger partial charge in [-0.25, -0.2) is 0 Å². The number of nitrogens with one attached hydrogen (secondary N) is 1. The summed E-state index contributed by atoms with van der Waals surface area (Å²) < 4.78 is 0. The molecule has 0 aromatic rings. The standard InChI is InChI=1S/C7H18N2O/c1-6(2,9-8)5-7(3,4)10/h9-10H,5,8H2,1-4H3. The molecular weight excluding hydrogens is 128 g/mol. The Bertz CT molecular complexity index is 105. The molecule has 0 unspecified atom stereocenters. The van der Waals surface area contributed by atoms with E-state index in [1.807, 2.05) is 13.8 Å². The molecule has 0 heterocycles. The van der Waals surface area contributed by atoms with Crippen molar-refractivity contribution in [2.24, 2.45) is 5.84 Å². The smallest absolute Gasteiger partial charge is 0.0609 e. The second-order valence-corrected chi connectivity index (χ2v) is 4.02. The zero-order valence-electron chi connectivity index (χ0n) is 7.23. The number of hydrazine groups is 1. The second-order valence-electron chi connectivity index (χ2n) is 4.02. The molecule has 3 nitrogen and oxygen atoms in total. The number of hydrogen-bond donors (Lipinski definition) is 3. The van der Waals surface area contributed by atoms with Crippen LogP contribution in [0.4, 0.5) is 0 Å². The number of hydrogen-bond acceptors (Lipinski definition) is 3. The Balaban J connectivity index is 3.89. The molecular formula is C7H18N2O. The van der Waals surface area contributed by atoms with Gasteiger partial charge in [-0.15, -0.1) is 0 Å². The van der Waals surface area contributed by atoms with Gasteiger partial charge >= 0.3 is 0 Å². The highest BCUT2D eigenvalue weighted by molar-refractivity contribution is 4.82. The maximum atomic E-state index is 9.39. The van der Waals surface area contributed by atoms with Gasteiger partial charge in [-0.3, -0.25) is 11.3 Å². The lowest BCUT2D eigenvalue weighted by atomic mass is 9.90. The third kappa shape index (κ3) is 4.73. The Kier molecular flexibility index (Phi) is 2.83. The van der Waals surface area contributed by atoms with Crippen molar-refractivity contribution in [3.8, 4) is 0 Å². The van der Waals surface area contributed by atoms with Crippen molar-refractivity contribution in [1.82, 2.24) is 5.43 Å². The van der Waals surface area contributed by atoms with Crippen LogP contribution in [0.2, 0.25) is 0 Å². The van der Waals surface area contributed by atoms with E-state index in [0.717, 1.165) is 0 Å². The molecule has 0 bridgehead atoms. The Hall–Kier alpha value is -0.120. The summed E-state index contributed by atoms with van der Waals surface area (Å²) in [6.45, 7) is 7.44. The molecule has 0 rings (SSSR count). The maximum Gasteiger partial charge on any atom is 0.0609 e. The first-order valence-corrected chi connectivity index (χ1v) is 3.47. The van der Waals surface area contributed by atoms with Gasteiger partial charge < -0.3 is 5.11 Å². The zero-order valence-corrected chi connectivity index (χ0v) is 7.23. The Morgan fingerprint density at radius 3 is 1.80 bits per heavy atom. The van der Waals surface area contributed by atoms with Gasteiger partial charge in [0.25, 0.3) is 0 Å². The molecule has 4 N–H and O–H groups in total. The van der Waals surface area contributed by atoms with Crippen LogP contribution >= 0.6 is 0 Å². The molecule has 0 fully saturated rings. The minimum atomic E-state index is -0.657. The molecule has 10 heavy (non-hydrogen) atoms. The second kappa shape index (κ2) is 2.86. The molecule has 0 saturated heterocycles. The Labute approximate surface area is 62.6 Å². The van der Waals surface area contributed by atoms with E-state index in [1.54, 1.807) is 13.8 Å². The fourth-order valence-corrected chi connectivity index (χ4v) is 1.13. The van der Waals surface area contributed by atoms with Gasteiger partial charge in [0.05, 0.1) is 5.60 Å². The van der Waals surface area contributed by atoms with Crippen LogP contribution in [0.5, 0.6) is 0 Å². The minimum absolute atomic E-state index is 0.196. The summed E-state index contributed by atoms with van der Waals surface area (Å²) in [5.41, 5.74) is 1.78. The van der Waals surface area contributed by atoms with Crippen LogP contribution in [0.3, 0.4) is 0 Å². The lowest BCUT2D eigenvalue weighted by Crippen LogP contribution is -2.48. The lowest BCUT2D eigenvalue weighted by Gasteiger charge is -2.30. The Morgan fingerprint density at radius 1 is 1.30 bits per heavy atom. The van der Waals surface area contributed by atoms with Crippen LogP contribution in [0.1, 0.15) is 34.1 Å². The van der Waals surface area contributed by atoms with Crippen LogP contribution in [0.25, 0.3) is 0 Å². The monoisotopic (exact) mass is 146 g/mol. The molecule has 0 atom stereocenters. The fourth-order valence-electron chi connectivity index (χ4n) is 1.13. The average Bonchev–Trinajstić information content (AvgIpc) is 1.60. The number of aliphatic hydroxyl groups is 1. The zero-order chi connectivity index (χ0) is 8.41. The molecule has 0 aromatic heterocycles. The summed E-state index contributed by atoms with van der Waals surface area (Å²) in [5.74, 6) is 5.25. The maximum absolute atomic E-state index is 9.39. The number of rotatable bonds is 3. The van der Waals surface area contributed by atoms with Gasteiger partial charge in [0, 0.05) is 5.54 Å². The predicted octanol–water partition coefficient (Wildman–Crippen LogP) is 0.389. The normalized spacial score (nSPS) is 13.8. The molecule has 62 valence electrons. The summed E-state index contributed by atoms with van der Waals surface area (Å²) in [6, 6.07) is 0. The summed E-state index contributed by atoms with van der Waals surface area (Å²) in [6.07, 6.45) is 0.635. The summed E-state index contributed by atoms with van der Waals surface area (Å²) in [7, 11) is 0. The van der Waals surface area contributed by atoms with Gasteiger partial charge in [-0.1, -0.05) is 0 Å². The molecule has 0 aromatic carbocycles. The minimum Gasteiger partial charge on any atom is -0.390 e. The van der Waals surface area contributed by atoms with Crippen molar-refractivity contribution in [3.63, 3.8) is 0 Å². The van der Waals surface area contributed by atoms with E-state index in [4.69, 9.17) is 5.84 Å².